The molecule has 0 atom stereocenters. The van der Waals surface area contributed by atoms with E-state index in [4.69, 9.17) is 0 Å². The van der Waals surface area contributed by atoms with Crippen molar-refractivity contribution in [2.45, 2.75) is 11.3 Å². The van der Waals surface area contributed by atoms with Crippen LogP contribution in [0.5, 0.6) is 0 Å². The fourth-order valence-corrected chi connectivity index (χ4v) is 2.70. The van der Waals surface area contributed by atoms with Gasteiger partial charge in [-0.1, -0.05) is 6.07 Å². The smallest absolute Gasteiger partial charge is 0.175 e. The lowest BCUT2D eigenvalue weighted by atomic mass is 10.2. The van der Waals surface area contributed by atoms with Crippen molar-refractivity contribution in [2.24, 2.45) is 0 Å². The molecule has 0 saturated carbocycles. The van der Waals surface area contributed by atoms with Crippen LogP contribution in [0.15, 0.2) is 47.6 Å². The molecule has 0 bridgehead atoms. The van der Waals surface area contributed by atoms with E-state index in [1.54, 1.807) is 30.6 Å². The number of aromatic amines is 1. The molecule has 1 aromatic carbocycles. The van der Waals surface area contributed by atoms with Gasteiger partial charge >= 0.3 is 0 Å². The molecule has 3 rings (SSSR count). The van der Waals surface area contributed by atoms with Gasteiger partial charge in [-0.2, -0.15) is 0 Å². The zero-order chi connectivity index (χ0) is 14.2. The van der Waals surface area contributed by atoms with Crippen LogP contribution in [0.25, 0.3) is 11.0 Å². The quantitative estimate of drug-likeness (QED) is 0.799. The van der Waals surface area contributed by atoms with Gasteiger partial charge in [-0.25, -0.2) is 13.4 Å². The van der Waals surface area contributed by atoms with E-state index >= 15 is 0 Å². The topological polar surface area (TPSA) is 75.7 Å². The SMILES string of the molecule is CS(=O)(=O)c1ccc2nc(Cc3cccnc3)[nH]c2c1. The van der Waals surface area contributed by atoms with Crippen LogP contribution in [0, 0.1) is 0 Å². The van der Waals surface area contributed by atoms with E-state index in [1.807, 2.05) is 12.1 Å². The molecule has 3 aromatic rings. The highest BCUT2D eigenvalue weighted by atomic mass is 32.2. The van der Waals surface area contributed by atoms with Gasteiger partial charge in [-0.05, 0) is 29.8 Å². The number of aromatic nitrogens is 3. The van der Waals surface area contributed by atoms with Crippen LogP contribution in [0.4, 0.5) is 0 Å². The van der Waals surface area contributed by atoms with E-state index in [2.05, 4.69) is 15.0 Å². The molecule has 0 saturated heterocycles. The van der Waals surface area contributed by atoms with E-state index in [-0.39, 0.29) is 0 Å². The van der Waals surface area contributed by atoms with Crippen molar-refractivity contribution in [3.8, 4) is 0 Å². The number of H-pyrrole nitrogens is 1. The second-order valence-corrected chi connectivity index (χ2v) is 6.69. The maximum atomic E-state index is 11.5. The highest BCUT2D eigenvalue weighted by molar-refractivity contribution is 7.90. The average molecular weight is 287 g/mol. The fourth-order valence-electron chi connectivity index (χ4n) is 2.05. The first-order valence-corrected chi connectivity index (χ1v) is 7.99. The number of imidazole rings is 1. The van der Waals surface area contributed by atoms with E-state index in [1.165, 1.54) is 6.26 Å². The Balaban J connectivity index is 1.99. The summed E-state index contributed by atoms with van der Waals surface area (Å²) in [7, 11) is -3.20. The molecule has 1 N–H and O–H groups in total. The molecule has 20 heavy (non-hydrogen) atoms. The monoisotopic (exact) mass is 287 g/mol. The van der Waals surface area contributed by atoms with E-state index < -0.39 is 9.84 Å². The van der Waals surface area contributed by atoms with Gasteiger partial charge in [0.25, 0.3) is 0 Å². The molecular weight excluding hydrogens is 274 g/mol. The third-order valence-corrected chi connectivity index (χ3v) is 4.14. The first kappa shape index (κ1) is 12.8. The van der Waals surface area contributed by atoms with Crippen molar-refractivity contribution in [3.63, 3.8) is 0 Å². The first-order chi connectivity index (χ1) is 9.52. The Kier molecular flexibility index (Phi) is 3.02. The van der Waals surface area contributed by atoms with Crippen LogP contribution >= 0.6 is 0 Å². The molecule has 0 fully saturated rings. The third kappa shape index (κ3) is 2.55. The summed E-state index contributed by atoms with van der Waals surface area (Å²) < 4.78 is 23.1. The van der Waals surface area contributed by atoms with E-state index in [9.17, 15) is 8.42 Å². The highest BCUT2D eigenvalue weighted by Crippen LogP contribution is 2.18. The molecule has 0 aliphatic rings. The molecule has 2 heterocycles. The third-order valence-electron chi connectivity index (χ3n) is 3.02. The Morgan fingerprint density at radius 3 is 2.80 bits per heavy atom. The maximum absolute atomic E-state index is 11.5. The minimum Gasteiger partial charge on any atom is -0.342 e. The van der Waals surface area contributed by atoms with Gasteiger partial charge in [-0.15, -0.1) is 0 Å². The van der Waals surface area contributed by atoms with Crippen molar-refractivity contribution in [3.05, 3.63) is 54.1 Å². The van der Waals surface area contributed by atoms with E-state index in [0.29, 0.717) is 11.3 Å². The van der Waals surface area contributed by atoms with Crippen LogP contribution in [0.1, 0.15) is 11.4 Å². The molecule has 5 nitrogen and oxygen atoms in total. The normalized spacial score (nSPS) is 11.8. The summed E-state index contributed by atoms with van der Waals surface area (Å²) in [5.41, 5.74) is 2.54. The van der Waals surface area contributed by atoms with Crippen molar-refractivity contribution in [2.75, 3.05) is 6.26 Å². The minimum atomic E-state index is -3.20. The number of hydrogen-bond acceptors (Lipinski definition) is 4. The maximum Gasteiger partial charge on any atom is 0.175 e. The van der Waals surface area contributed by atoms with Gasteiger partial charge in [0, 0.05) is 25.1 Å². The number of fused-ring (bicyclic) bond motifs is 1. The Labute approximate surface area is 116 Å². The molecule has 0 radical (unpaired) electrons. The molecule has 6 heteroatoms. The van der Waals surface area contributed by atoms with Crippen LogP contribution in [-0.4, -0.2) is 29.6 Å². The lowest BCUT2D eigenvalue weighted by molar-refractivity contribution is 0.602. The summed E-state index contributed by atoms with van der Waals surface area (Å²) in [5.74, 6) is 0.790. The number of hydrogen-bond donors (Lipinski definition) is 1. The predicted octanol–water partition coefficient (Wildman–Crippen LogP) is 1.95. The number of sulfone groups is 1. The Bertz CT molecular complexity index is 855. The predicted molar refractivity (Wildman–Crippen MR) is 76.2 cm³/mol. The molecule has 0 amide bonds. The summed E-state index contributed by atoms with van der Waals surface area (Å²) in [6.45, 7) is 0. The molecule has 0 spiro atoms. The fraction of sp³-hybridized carbons (Fsp3) is 0.143. The molecule has 0 aliphatic carbocycles. The van der Waals surface area contributed by atoms with Crippen LogP contribution in [-0.2, 0) is 16.3 Å². The van der Waals surface area contributed by atoms with E-state index in [0.717, 1.165) is 22.4 Å². The molecule has 0 aliphatic heterocycles. The van der Waals surface area contributed by atoms with Gasteiger partial charge in [0.1, 0.15) is 5.82 Å². The molecular formula is C14H13N3O2S. The van der Waals surface area contributed by atoms with Gasteiger partial charge in [0.15, 0.2) is 9.84 Å². The summed E-state index contributed by atoms with van der Waals surface area (Å²) in [6, 6.07) is 8.76. The number of nitrogens with zero attached hydrogens (tertiary/aromatic N) is 2. The molecule has 102 valence electrons. The lowest BCUT2D eigenvalue weighted by Crippen LogP contribution is -1.96. The largest absolute Gasteiger partial charge is 0.342 e. The Morgan fingerprint density at radius 2 is 2.10 bits per heavy atom. The number of benzene rings is 1. The number of nitrogens with one attached hydrogen (secondary N) is 1. The number of pyridine rings is 1. The summed E-state index contributed by atoms with van der Waals surface area (Å²) >= 11 is 0. The van der Waals surface area contributed by atoms with Crippen LogP contribution in [0.2, 0.25) is 0 Å². The zero-order valence-corrected chi connectivity index (χ0v) is 11.7. The Hall–Kier alpha value is -2.21. The molecule has 2 aromatic heterocycles. The van der Waals surface area contributed by atoms with Gasteiger partial charge in [0.2, 0.25) is 0 Å². The van der Waals surface area contributed by atoms with Crippen LogP contribution < -0.4 is 0 Å². The van der Waals surface area contributed by atoms with Crippen molar-refractivity contribution in [1.82, 2.24) is 15.0 Å². The van der Waals surface area contributed by atoms with Gasteiger partial charge in [-0.3, -0.25) is 4.98 Å². The van der Waals surface area contributed by atoms with Crippen molar-refractivity contribution in [1.29, 1.82) is 0 Å². The van der Waals surface area contributed by atoms with Crippen molar-refractivity contribution >= 4 is 20.9 Å². The zero-order valence-electron chi connectivity index (χ0n) is 10.9. The lowest BCUT2D eigenvalue weighted by Gasteiger charge is -1.96. The average Bonchev–Trinajstić information content (AvgIpc) is 2.80. The highest BCUT2D eigenvalue weighted by Gasteiger charge is 2.10. The molecule has 0 unspecified atom stereocenters. The first-order valence-electron chi connectivity index (χ1n) is 6.10. The summed E-state index contributed by atoms with van der Waals surface area (Å²) in [4.78, 5) is 12.0. The van der Waals surface area contributed by atoms with Gasteiger partial charge in [0.05, 0.1) is 15.9 Å². The van der Waals surface area contributed by atoms with Crippen LogP contribution in [0.3, 0.4) is 0 Å². The number of rotatable bonds is 3. The van der Waals surface area contributed by atoms with Crippen molar-refractivity contribution < 1.29 is 8.42 Å². The Morgan fingerprint density at radius 1 is 1.25 bits per heavy atom. The summed E-state index contributed by atoms with van der Waals surface area (Å²) in [6.07, 6.45) is 5.34. The van der Waals surface area contributed by atoms with Gasteiger partial charge < -0.3 is 4.98 Å². The standard InChI is InChI=1S/C14H13N3O2S/c1-20(18,19)11-4-5-12-13(8-11)17-14(16-12)7-10-3-2-6-15-9-10/h2-6,8-9H,7H2,1H3,(H,16,17). The second kappa shape index (κ2) is 4.72. The second-order valence-electron chi connectivity index (χ2n) is 4.67. The minimum absolute atomic E-state index is 0.293. The summed E-state index contributed by atoms with van der Waals surface area (Å²) in [5, 5.41) is 0.